The van der Waals surface area contributed by atoms with E-state index in [9.17, 15) is 14.4 Å². The fourth-order valence-corrected chi connectivity index (χ4v) is 2.83. The number of hydrogen-bond acceptors (Lipinski definition) is 3. The number of rotatable bonds is 6. The number of nitrogens with one attached hydrogen (secondary N) is 1. The summed E-state index contributed by atoms with van der Waals surface area (Å²) in [5.74, 6) is -0.317. The van der Waals surface area contributed by atoms with E-state index in [-0.39, 0.29) is 29.4 Å². The Hall–Kier alpha value is -2.95. The van der Waals surface area contributed by atoms with Gasteiger partial charge in [-0.2, -0.15) is 0 Å². The summed E-state index contributed by atoms with van der Waals surface area (Å²) in [6.07, 6.45) is 0.176. The van der Waals surface area contributed by atoms with E-state index in [1.807, 2.05) is 24.3 Å². The molecule has 0 aromatic heterocycles. The number of amides is 2. The highest BCUT2D eigenvalue weighted by Crippen LogP contribution is 2.25. The molecule has 2 aromatic carbocycles. The second-order valence-electron chi connectivity index (χ2n) is 7.90. The van der Waals surface area contributed by atoms with Crippen molar-refractivity contribution in [2.75, 3.05) is 16.8 Å². The van der Waals surface area contributed by atoms with Crippen LogP contribution in [0.1, 0.15) is 57.0 Å². The first-order valence-electron chi connectivity index (χ1n) is 9.37. The summed E-state index contributed by atoms with van der Waals surface area (Å²) in [6.45, 7) is 9.70. The molecule has 5 nitrogen and oxygen atoms in total. The number of carbonyl (C=O) groups is 3. The van der Waals surface area contributed by atoms with Crippen LogP contribution in [0.4, 0.5) is 11.4 Å². The molecule has 0 atom stereocenters. The van der Waals surface area contributed by atoms with Crippen LogP contribution in [0.25, 0.3) is 0 Å². The van der Waals surface area contributed by atoms with Crippen LogP contribution in [-0.4, -0.2) is 24.1 Å². The lowest BCUT2D eigenvalue weighted by molar-refractivity contribution is -0.117. The Bertz CT molecular complexity index is 847. The van der Waals surface area contributed by atoms with Crippen LogP contribution >= 0.6 is 0 Å². The van der Waals surface area contributed by atoms with Gasteiger partial charge in [0.25, 0.3) is 0 Å². The molecular formula is C23H28N2O3. The second-order valence-corrected chi connectivity index (χ2v) is 7.90. The molecule has 2 rings (SSSR count). The Kier molecular flexibility index (Phi) is 6.73. The maximum absolute atomic E-state index is 12.3. The van der Waals surface area contributed by atoms with Crippen LogP contribution in [0, 0.1) is 0 Å². The van der Waals surface area contributed by atoms with Crippen LogP contribution < -0.4 is 10.2 Å². The highest BCUT2D eigenvalue weighted by molar-refractivity contribution is 5.96. The fourth-order valence-electron chi connectivity index (χ4n) is 2.83. The third-order valence-corrected chi connectivity index (χ3v) is 4.56. The van der Waals surface area contributed by atoms with Crippen molar-refractivity contribution < 1.29 is 14.4 Å². The van der Waals surface area contributed by atoms with E-state index in [0.717, 1.165) is 5.69 Å². The molecular weight excluding hydrogens is 352 g/mol. The van der Waals surface area contributed by atoms with E-state index >= 15 is 0 Å². The number of carbonyl (C=O) groups excluding carboxylic acids is 3. The Morgan fingerprint density at radius 3 is 1.93 bits per heavy atom. The Balaban J connectivity index is 2.00. The first-order valence-corrected chi connectivity index (χ1v) is 9.37. The molecule has 148 valence electrons. The molecule has 0 radical (unpaired) electrons. The quantitative estimate of drug-likeness (QED) is 0.747. The summed E-state index contributed by atoms with van der Waals surface area (Å²) >= 11 is 0. The van der Waals surface area contributed by atoms with Crippen molar-refractivity contribution in [2.45, 2.75) is 46.5 Å². The monoisotopic (exact) mass is 380 g/mol. The largest absolute Gasteiger partial charge is 0.326 e. The van der Waals surface area contributed by atoms with E-state index in [4.69, 9.17) is 0 Å². The maximum atomic E-state index is 12.3. The van der Waals surface area contributed by atoms with Gasteiger partial charge in [-0.3, -0.25) is 14.4 Å². The molecule has 0 heterocycles. The lowest BCUT2D eigenvalue weighted by Gasteiger charge is -2.23. The number of Topliss-reactive ketones (excluding diaryl/α,β-unsaturated/α-hetero) is 1. The molecule has 0 unspecified atom stereocenters. The van der Waals surface area contributed by atoms with Gasteiger partial charge in [0, 0.05) is 36.8 Å². The summed E-state index contributed by atoms with van der Waals surface area (Å²) < 4.78 is 0. The molecule has 28 heavy (non-hydrogen) atoms. The fraction of sp³-hybridized carbons (Fsp3) is 0.348. The molecule has 0 spiro atoms. The Morgan fingerprint density at radius 1 is 0.893 bits per heavy atom. The molecule has 2 aromatic rings. The van der Waals surface area contributed by atoms with E-state index in [1.165, 1.54) is 19.4 Å². The molecule has 0 aliphatic rings. The van der Waals surface area contributed by atoms with Gasteiger partial charge in [-0.25, -0.2) is 0 Å². The minimum absolute atomic E-state index is 0.0209. The third-order valence-electron chi connectivity index (χ3n) is 4.56. The van der Waals surface area contributed by atoms with Gasteiger partial charge in [0.15, 0.2) is 5.78 Å². The molecule has 0 bridgehead atoms. The number of hydrogen-bond donors (Lipinski definition) is 1. The highest BCUT2D eigenvalue weighted by atomic mass is 16.2. The molecule has 1 N–H and O–H groups in total. The van der Waals surface area contributed by atoms with Crippen LogP contribution in [0.2, 0.25) is 0 Å². The van der Waals surface area contributed by atoms with Gasteiger partial charge >= 0.3 is 0 Å². The van der Waals surface area contributed by atoms with Crippen LogP contribution in [0.15, 0.2) is 48.5 Å². The Labute approximate surface area is 166 Å². The summed E-state index contributed by atoms with van der Waals surface area (Å²) in [4.78, 5) is 37.2. The summed E-state index contributed by atoms with van der Waals surface area (Å²) in [5, 5.41) is 2.79. The van der Waals surface area contributed by atoms with Crippen molar-refractivity contribution in [3.63, 3.8) is 0 Å². The zero-order valence-electron chi connectivity index (χ0n) is 17.2. The predicted molar refractivity (Wildman–Crippen MR) is 113 cm³/mol. The zero-order valence-corrected chi connectivity index (χ0v) is 17.2. The third kappa shape index (κ3) is 5.78. The molecule has 0 aliphatic carbocycles. The van der Waals surface area contributed by atoms with Crippen molar-refractivity contribution in [1.82, 2.24) is 0 Å². The van der Waals surface area contributed by atoms with Gasteiger partial charge in [0.2, 0.25) is 11.8 Å². The standard InChI is InChI=1S/C23H28N2O3/c1-16(26)18-6-10-20(11-7-18)24-22(28)14-15-25(17(2)27)21-12-8-19(9-13-21)23(3,4)5/h6-13H,14-15H2,1-5H3,(H,24,28). The summed E-state index contributed by atoms with van der Waals surface area (Å²) in [7, 11) is 0. The van der Waals surface area contributed by atoms with Gasteiger partial charge in [-0.15, -0.1) is 0 Å². The number of benzene rings is 2. The van der Waals surface area contributed by atoms with Crippen molar-refractivity contribution in [3.8, 4) is 0 Å². The SMILES string of the molecule is CC(=O)c1ccc(NC(=O)CCN(C(C)=O)c2ccc(C(C)(C)C)cc2)cc1. The van der Waals surface area contributed by atoms with E-state index < -0.39 is 0 Å². The average molecular weight is 380 g/mol. The van der Waals surface area contributed by atoms with Crippen molar-refractivity contribution in [3.05, 3.63) is 59.7 Å². The van der Waals surface area contributed by atoms with Gasteiger partial charge in [0.1, 0.15) is 0 Å². The first kappa shape index (κ1) is 21.4. The Morgan fingerprint density at radius 2 is 1.46 bits per heavy atom. The molecule has 0 fully saturated rings. The molecule has 0 saturated carbocycles. The lowest BCUT2D eigenvalue weighted by Crippen LogP contribution is -2.32. The van der Waals surface area contributed by atoms with E-state index in [0.29, 0.717) is 17.8 Å². The average Bonchev–Trinajstić information content (AvgIpc) is 2.61. The smallest absolute Gasteiger partial charge is 0.226 e. The zero-order chi connectivity index (χ0) is 20.9. The number of ketones is 1. The molecule has 5 heteroatoms. The van der Waals surface area contributed by atoms with Crippen LogP contribution in [0.5, 0.6) is 0 Å². The predicted octanol–water partition coefficient (Wildman–Crippen LogP) is 4.57. The second kappa shape index (κ2) is 8.83. The molecule has 0 aliphatic heterocycles. The maximum Gasteiger partial charge on any atom is 0.226 e. The minimum atomic E-state index is -0.187. The van der Waals surface area contributed by atoms with Crippen molar-refractivity contribution in [2.24, 2.45) is 0 Å². The van der Waals surface area contributed by atoms with Gasteiger partial charge in [-0.1, -0.05) is 32.9 Å². The minimum Gasteiger partial charge on any atom is -0.326 e. The van der Waals surface area contributed by atoms with Crippen LogP contribution in [-0.2, 0) is 15.0 Å². The van der Waals surface area contributed by atoms with E-state index in [2.05, 4.69) is 26.1 Å². The summed E-state index contributed by atoms with van der Waals surface area (Å²) in [5.41, 5.74) is 3.22. The first-order chi connectivity index (χ1) is 13.1. The summed E-state index contributed by atoms with van der Waals surface area (Å²) in [6, 6.07) is 14.6. The van der Waals surface area contributed by atoms with Crippen LogP contribution in [0.3, 0.4) is 0 Å². The van der Waals surface area contributed by atoms with Gasteiger partial charge < -0.3 is 10.2 Å². The normalized spacial score (nSPS) is 11.0. The molecule has 0 saturated heterocycles. The van der Waals surface area contributed by atoms with Gasteiger partial charge in [-0.05, 0) is 54.3 Å². The lowest BCUT2D eigenvalue weighted by atomic mass is 9.87. The highest BCUT2D eigenvalue weighted by Gasteiger charge is 2.17. The van der Waals surface area contributed by atoms with Crippen molar-refractivity contribution >= 4 is 29.0 Å². The number of nitrogens with zero attached hydrogens (tertiary/aromatic N) is 1. The van der Waals surface area contributed by atoms with Crippen molar-refractivity contribution in [1.29, 1.82) is 0 Å². The van der Waals surface area contributed by atoms with Gasteiger partial charge in [0.05, 0.1) is 0 Å². The molecule has 2 amide bonds. The van der Waals surface area contributed by atoms with E-state index in [1.54, 1.807) is 29.2 Å². The number of anilines is 2. The topological polar surface area (TPSA) is 66.5 Å².